The molecule has 0 aliphatic carbocycles. The van der Waals surface area contributed by atoms with Crippen LogP contribution < -0.4 is 19.6 Å². The van der Waals surface area contributed by atoms with Crippen LogP contribution in [0, 0.1) is 5.82 Å². The number of rotatable bonds is 7. The summed E-state index contributed by atoms with van der Waals surface area (Å²) in [5.41, 5.74) is 1.88. The third-order valence-corrected chi connectivity index (χ3v) is 7.75. The van der Waals surface area contributed by atoms with Crippen molar-refractivity contribution in [3.63, 3.8) is 0 Å². The maximum Gasteiger partial charge on any atom is 0.338 e. The predicted octanol–water partition coefficient (Wildman–Crippen LogP) is 4.58. The Kier molecular flexibility index (Phi) is 7.16. The van der Waals surface area contributed by atoms with Gasteiger partial charge in [-0.05, 0) is 55.1 Å². The Hall–Kier alpha value is -3.82. The smallest absolute Gasteiger partial charge is 0.338 e. The molecule has 0 amide bonds. The van der Waals surface area contributed by atoms with Crippen LogP contribution in [0.4, 0.5) is 4.39 Å². The standard InChI is InChI=1S/C28H23FN2O4S2/c1-3-34-27(33)24-17(2)30-28-31(25(24)22-12-7-13-36-22)26(32)23(37-28)15-18-8-6-10-20(14-18)35-16-19-9-4-5-11-21(19)29/h4-15,25H,3,16H2,1-2H3/b23-15-/t25-/m1/s1. The molecule has 37 heavy (non-hydrogen) atoms. The summed E-state index contributed by atoms with van der Waals surface area (Å²) in [6.45, 7) is 3.83. The first kappa shape index (κ1) is 24.9. The van der Waals surface area contributed by atoms with Crippen molar-refractivity contribution < 1.29 is 18.7 Å². The van der Waals surface area contributed by atoms with Gasteiger partial charge in [0.15, 0.2) is 4.80 Å². The Bertz CT molecular complexity index is 1670. The molecule has 0 saturated carbocycles. The van der Waals surface area contributed by atoms with Gasteiger partial charge < -0.3 is 9.47 Å². The van der Waals surface area contributed by atoms with Gasteiger partial charge in [0.05, 0.1) is 22.4 Å². The van der Waals surface area contributed by atoms with Crippen molar-refractivity contribution in [3.8, 4) is 5.75 Å². The average molecular weight is 535 g/mol. The number of halogens is 1. The molecule has 0 saturated heterocycles. The summed E-state index contributed by atoms with van der Waals surface area (Å²) in [7, 11) is 0. The summed E-state index contributed by atoms with van der Waals surface area (Å²) in [6.07, 6.45) is 1.77. The van der Waals surface area contributed by atoms with E-state index in [1.54, 1.807) is 54.8 Å². The fraction of sp³-hybridized carbons (Fsp3) is 0.179. The Labute approximate surface area is 220 Å². The van der Waals surface area contributed by atoms with Gasteiger partial charge in [-0.25, -0.2) is 14.2 Å². The third-order valence-electron chi connectivity index (χ3n) is 5.84. The lowest BCUT2D eigenvalue weighted by atomic mass is 10.0. The average Bonchev–Trinajstić information content (AvgIpc) is 3.52. The summed E-state index contributed by atoms with van der Waals surface area (Å²) in [4.78, 5) is 32.5. The van der Waals surface area contributed by atoms with Crippen LogP contribution in [-0.2, 0) is 16.1 Å². The zero-order valence-electron chi connectivity index (χ0n) is 20.1. The van der Waals surface area contributed by atoms with Crippen LogP contribution in [0.15, 0.2) is 87.1 Å². The topological polar surface area (TPSA) is 69.9 Å². The van der Waals surface area contributed by atoms with E-state index in [0.717, 1.165) is 10.4 Å². The molecule has 2 aromatic heterocycles. The zero-order chi connectivity index (χ0) is 25.9. The van der Waals surface area contributed by atoms with Gasteiger partial charge in [0.25, 0.3) is 5.56 Å². The van der Waals surface area contributed by atoms with Gasteiger partial charge in [0, 0.05) is 10.4 Å². The van der Waals surface area contributed by atoms with Crippen LogP contribution in [-0.4, -0.2) is 17.1 Å². The van der Waals surface area contributed by atoms with Gasteiger partial charge in [0.1, 0.15) is 24.2 Å². The van der Waals surface area contributed by atoms with Gasteiger partial charge in [0.2, 0.25) is 0 Å². The fourth-order valence-electron chi connectivity index (χ4n) is 4.13. The molecule has 4 aromatic rings. The summed E-state index contributed by atoms with van der Waals surface area (Å²) < 4.78 is 27.1. The first-order valence-corrected chi connectivity index (χ1v) is 13.3. The van der Waals surface area contributed by atoms with Crippen LogP contribution >= 0.6 is 22.7 Å². The number of fused-ring (bicyclic) bond motifs is 1. The minimum Gasteiger partial charge on any atom is -0.489 e. The number of nitrogens with zero attached hydrogens (tertiary/aromatic N) is 2. The van der Waals surface area contributed by atoms with Gasteiger partial charge in [-0.1, -0.05) is 47.7 Å². The highest BCUT2D eigenvalue weighted by atomic mass is 32.1. The van der Waals surface area contributed by atoms with Crippen LogP contribution in [0.2, 0.25) is 0 Å². The highest BCUT2D eigenvalue weighted by Crippen LogP contribution is 2.33. The molecule has 0 radical (unpaired) electrons. The molecular formula is C28H23FN2O4S2. The van der Waals surface area contributed by atoms with Crippen LogP contribution in [0.5, 0.6) is 5.75 Å². The van der Waals surface area contributed by atoms with Crippen molar-refractivity contribution in [2.24, 2.45) is 4.99 Å². The number of thiophene rings is 1. The molecular weight excluding hydrogens is 511 g/mol. The molecule has 1 aliphatic heterocycles. The Morgan fingerprint density at radius 3 is 2.76 bits per heavy atom. The molecule has 0 fully saturated rings. The minimum atomic E-state index is -0.604. The van der Waals surface area contributed by atoms with Crippen molar-refractivity contribution in [2.75, 3.05) is 6.61 Å². The molecule has 5 rings (SSSR count). The largest absolute Gasteiger partial charge is 0.489 e. The molecule has 2 aromatic carbocycles. The van der Waals surface area contributed by atoms with E-state index >= 15 is 0 Å². The van der Waals surface area contributed by atoms with E-state index < -0.39 is 12.0 Å². The SMILES string of the molecule is CCOC(=O)C1=C(C)N=c2s/c(=C\c3cccc(OCc4ccccc4F)c3)c(=O)n2[C@@H]1c1cccs1. The Balaban J connectivity index is 1.52. The number of hydrogen-bond donors (Lipinski definition) is 0. The monoisotopic (exact) mass is 534 g/mol. The molecule has 0 bridgehead atoms. The molecule has 3 heterocycles. The van der Waals surface area contributed by atoms with Crippen LogP contribution in [0.3, 0.4) is 0 Å². The number of ether oxygens (including phenoxy) is 2. The number of benzene rings is 2. The quantitative estimate of drug-likeness (QED) is 0.326. The number of carbonyl (C=O) groups excluding carboxylic acids is 1. The Morgan fingerprint density at radius 1 is 1.16 bits per heavy atom. The Morgan fingerprint density at radius 2 is 2.00 bits per heavy atom. The third kappa shape index (κ3) is 5.05. The second kappa shape index (κ2) is 10.7. The lowest BCUT2D eigenvalue weighted by Crippen LogP contribution is -2.39. The zero-order valence-corrected chi connectivity index (χ0v) is 21.8. The lowest BCUT2D eigenvalue weighted by molar-refractivity contribution is -0.139. The number of aromatic nitrogens is 1. The first-order chi connectivity index (χ1) is 18.0. The van der Waals surface area contributed by atoms with Crippen molar-refractivity contribution in [1.29, 1.82) is 0 Å². The lowest BCUT2D eigenvalue weighted by Gasteiger charge is -2.23. The van der Waals surface area contributed by atoms with E-state index in [1.165, 1.54) is 28.7 Å². The normalized spacial score (nSPS) is 15.3. The van der Waals surface area contributed by atoms with Crippen LogP contribution in [0.25, 0.3) is 6.08 Å². The maximum absolute atomic E-state index is 13.9. The molecule has 9 heteroatoms. The summed E-state index contributed by atoms with van der Waals surface area (Å²) in [6, 6.07) is 16.9. The molecule has 1 aliphatic rings. The van der Waals surface area contributed by atoms with E-state index in [9.17, 15) is 14.0 Å². The van der Waals surface area contributed by atoms with E-state index in [4.69, 9.17) is 9.47 Å². The molecule has 1 atom stereocenters. The maximum atomic E-state index is 13.9. The number of allylic oxidation sites excluding steroid dienone is 1. The predicted molar refractivity (Wildman–Crippen MR) is 142 cm³/mol. The second-order valence-corrected chi connectivity index (χ2v) is 10.3. The van der Waals surface area contributed by atoms with Gasteiger partial charge in [-0.15, -0.1) is 11.3 Å². The molecule has 0 N–H and O–H groups in total. The van der Waals surface area contributed by atoms with Crippen molar-refractivity contribution in [3.05, 3.63) is 119 Å². The second-order valence-electron chi connectivity index (χ2n) is 8.27. The molecule has 0 unspecified atom stereocenters. The highest BCUT2D eigenvalue weighted by Gasteiger charge is 2.33. The first-order valence-electron chi connectivity index (χ1n) is 11.7. The minimum absolute atomic E-state index is 0.0923. The van der Waals surface area contributed by atoms with Crippen molar-refractivity contribution in [1.82, 2.24) is 4.57 Å². The summed E-state index contributed by atoms with van der Waals surface area (Å²) in [5.74, 6) is -0.240. The molecule has 188 valence electrons. The van der Waals surface area contributed by atoms with E-state index in [0.29, 0.717) is 31.9 Å². The number of thiazole rings is 1. The van der Waals surface area contributed by atoms with E-state index in [2.05, 4.69) is 4.99 Å². The number of hydrogen-bond acceptors (Lipinski definition) is 7. The van der Waals surface area contributed by atoms with Gasteiger partial charge >= 0.3 is 5.97 Å². The number of esters is 1. The van der Waals surface area contributed by atoms with Crippen molar-refractivity contribution >= 4 is 34.7 Å². The van der Waals surface area contributed by atoms with Gasteiger partial charge in [-0.3, -0.25) is 9.36 Å². The number of carbonyl (C=O) groups is 1. The van der Waals surface area contributed by atoms with Gasteiger partial charge in [-0.2, -0.15) is 0 Å². The summed E-state index contributed by atoms with van der Waals surface area (Å²) >= 11 is 2.73. The highest BCUT2D eigenvalue weighted by molar-refractivity contribution is 7.10. The fourth-order valence-corrected chi connectivity index (χ4v) is 6.00. The summed E-state index contributed by atoms with van der Waals surface area (Å²) in [5, 5.41) is 1.91. The molecule has 6 nitrogen and oxygen atoms in total. The van der Waals surface area contributed by atoms with Crippen LogP contribution in [0.1, 0.15) is 35.9 Å². The van der Waals surface area contributed by atoms with Crippen molar-refractivity contribution in [2.45, 2.75) is 26.5 Å². The molecule has 0 spiro atoms. The van der Waals surface area contributed by atoms with E-state index in [1.807, 2.05) is 29.6 Å². The van der Waals surface area contributed by atoms with E-state index in [-0.39, 0.29) is 24.6 Å².